The van der Waals surface area contributed by atoms with E-state index in [1.807, 2.05) is 4.57 Å². The fraction of sp³-hybridized carbons (Fsp3) is 0.200. The number of aromatic nitrogens is 3. The van der Waals surface area contributed by atoms with Gasteiger partial charge in [0.05, 0.1) is 17.4 Å². The van der Waals surface area contributed by atoms with Crippen molar-refractivity contribution in [3.8, 4) is 11.1 Å². The molecule has 0 amide bonds. The van der Waals surface area contributed by atoms with Gasteiger partial charge in [-0.15, -0.1) is 0 Å². The van der Waals surface area contributed by atoms with Gasteiger partial charge in [-0.05, 0) is 54.2 Å². The van der Waals surface area contributed by atoms with Gasteiger partial charge >= 0.3 is 0 Å². The van der Waals surface area contributed by atoms with Gasteiger partial charge in [0.1, 0.15) is 23.1 Å². The number of benzene rings is 1. The van der Waals surface area contributed by atoms with Crippen molar-refractivity contribution in [3.63, 3.8) is 0 Å². The number of oxime groups is 1. The fourth-order valence-corrected chi connectivity index (χ4v) is 4.49. The van der Waals surface area contributed by atoms with Crippen molar-refractivity contribution in [2.75, 3.05) is 7.11 Å². The zero-order chi connectivity index (χ0) is 20.1. The SMILES string of the molecule is CON=Cc1cc(-c2cc3c(cc2F)c(=O)c2c(=O)[nH]sc2n3C2CC2)ccn1. The number of aromatic amines is 1. The number of fused-ring (bicyclic) bond motifs is 2. The molecular weight excluding hydrogens is 395 g/mol. The van der Waals surface area contributed by atoms with E-state index in [0.29, 0.717) is 27.2 Å². The zero-order valence-electron chi connectivity index (χ0n) is 15.3. The predicted octanol–water partition coefficient (Wildman–Crippen LogP) is 3.42. The molecule has 1 N–H and O–H groups in total. The number of halogens is 1. The summed E-state index contributed by atoms with van der Waals surface area (Å²) in [5.74, 6) is -0.538. The molecule has 29 heavy (non-hydrogen) atoms. The number of nitrogens with zero attached hydrogens (tertiary/aromatic N) is 3. The molecule has 4 aromatic rings. The summed E-state index contributed by atoms with van der Waals surface area (Å²) in [5.41, 5.74) is 1.23. The van der Waals surface area contributed by atoms with Crippen LogP contribution in [0.5, 0.6) is 0 Å². The highest BCUT2D eigenvalue weighted by atomic mass is 32.1. The molecule has 3 heterocycles. The molecule has 0 spiro atoms. The van der Waals surface area contributed by atoms with Gasteiger partial charge in [-0.1, -0.05) is 5.16 Å². The molecular formula is C20H15FN4O3S. The lowest BCUT2D eigenvalue weighted by Crippen LogP contribution is -2.15. The van der Waals surface area contributed by atoms with Crippen molar-refractivity contribution in [2.24, 2.45) is 5.16 Å². The van der Waals surface area contributed by atoms with E-state index < -0.39 is 16.8 Å². The normalized spacial score (nSPS) is 14.3. The van der Waals surface area contributed by atoms with Crippen LogP contribution in [0.15, 0.2) is 45.2 Å². The quantitative estimate of drug-likeness (QED) is 0.412. The third-order valence-electron chi connectivity index (χ3n) is 5.01. The van der Waals surface area contributed by atoms with Crippen LogP contribution in [0.25, 0.3) is 32.2 Å². The molecule has 1 aromatic carbocycles. The lowest BCUT2D eigenvalue weighted by atomic mass is 10.0. The molecule has 9 heteroatoms. The Hall–Kier alpha value is -3.33. The Balaban J connectivity index is 1.82. The molecule has 1 aliphatic carbocycles. The number of pyridine rings is 2. The average molecular weight is 410 g/mol. The van der Waals surface area contributed by atoms with Gasteiger partial charge in [-0.2, -0.15) is 0 Å². The molecule has 5 rings (SSSR count). The monoisotopic (exact) mass is 410 g/mol. The second-order valence-electron chi connectivity index (χ2n) is 6.88. The molecule has 146 valence electrons. The third kappa shape index (κ3) is 2.85. The minimum Gasteiger partial charge on any atom is -0.399 e. The molecule has 0 aliphatic heterocycles. The highest BCUT2D eigenvalue weighted by Gasteiger charge is 2.29. The molecule has 0 radical (unpaired) electrons. The Morgan fingerprint density at radius 1 is 1.34 bits per heavy atom. The van der Waals surface area contributed by atoms with Gasteiger partial charge in [0.2, 0.25) is 5.43 Å². The van der Waals surface area contributed by atoms with Crippen LogP contribution in [-0.4, -0.2) is 27.2 Å². The second-order valence-corrected chi connectivity index (χ2v) is 7.67. The van der Waals surface area contributed by atoms with Crippen molar-refractivity contribution in [1.82, 2.24) is 13.9 Å². The largest absolute Gasteiger partial charge is 0.399 e. The third-order valence-corrected chi connectivity index (χ3v) is 5.89. The van der Waals surface area contributed by atoms with Crippen molar-refractivity contribution >= 4 is 38.9 Å². The van der Waals surface area contributed by atoms with Crippen LogP contribution >= 0.6 is 11.5 Å². The summed E-state index contributed by atoms with van der Waals surface area (Å²) in [4.78, 5) is 34.5. The molecule has 7 nitrogen and oxygen atoms in total. The smallest absolute Gasteiger partial charge is 0.271 e. The Morgan fingerprint density at radius 3 is 2.93 bits per heavy atom. The second kappa shape index (κ2) is 6.63. The summed E-state index contributed by atoms with van der Waals surface area (Å²) in [6.07, 6.45) is 4.91. The van der Waals surface area contributed by atoms with E-state index in [1.165, 1.54) is 19.4 Å². The van der Waals surface area contributed by atoms with Crippen LogP contribution in [-0.2, 0) is 4.84 Å². The highest BCUT2D eigenvalue weighted by molar-refractivity contribution is 7.12. The van der Waals surface area contributed by atoms with Crippen LogP contribution in [0.3, 0.4) is 0 Å². The number of nitrogens with one attached hydrogen (secondary N) is 1. The van der Waals surface area contributed by atoms with E-state index >= 15 is 4.39 Å². The molecule has 1 saturated carbocycles. The van der Waals surface area contributed by atoms with E-state index in [1.54, 1.807) is 24.4 Å². The van der Waals surface area contributed by atoms with Crippen LogP contribution in [0.4, 0.5) is 4.39 Å². The Labute approximate surface area is 167 Å². The van der Waals surface area contributed by atoms with E-state index in [9.17, 15) is 9.59 Å². The molecule has 0 saturated heterocycles. The summed E-state index contributed by atoms with van der Waals surface area (Å²) >= 11 is 1.15. The first kappa shape index (κ1) is 17.7. The molecule has 1 fully saturated rings. The minimum absolute atomic E-state index is 0.100. The summed E-state index contributed by atoms with van der Waals surface area (Å²) in [5, 5.41) is 4.00. The Morgan fingerprint density at radius 2 is 2.17 bits per heavy atom. The zero-order valence-corrected chi connectivity index (χ0v) is 16.1. The van der Waals surface area contributed by atoms with Gasteiger partial charge in [-0.25, -0.2) is 4.39 Å². The van der Waals surface area contributed by atoms with Crippen LogP contribution in [0.1, 0.15) is 24.6 Å². The highest BCUT2D eigenvalue weighted by Crippen LogP contribution is 2.40. The first-order valence-electron chi connectivity index (χ1n) is 9.00. The summed E-state index contributed by atoms with van der Waals surface area (Å²) in [7, 11) is 1.43. The van der Waals surface area contributed by atoms with Crippen molar-refractivity contribution in [1.29, 1.82) is 0 Å². The molecule has 0 unspecified atom stereocenters. The van der Waals surface area contributed by atoms with E-state index in [-0.39, 0.29) is 16.8 Å². The summed E-state index contributed by atoms with van der Waals surface area (Å²) in [6.45, 7) is 0. The molecule has 1 aliphatic rings. The first-order chi connectivity index (χ1) is 14.1. The maximum absolute atomic E-state index is 15.0. The van der Waals surface area contributed by atoms with Gasteiger partial charge in [-0.3, -0.25) is 18.9 Å². The summed E-state index contributed by atoms with van der Waals surface area (Å²) < 4.78 is 19.7. The average Bonchev–Trinajstić information content (AvgIpc) is 3.49. The van der Waals surface area contributed by atoms with Gasteiger partial charge < -0.3 is 9.40 Å². The number of hydrogen-bond donors (Lipinski definition) is 1. The lowest BCUT2D eigenvalue weighted by Gasteiger charge is -2.13. The topological polar surface area (TPSA) is 89.3 Å². The maximum Gasteiger partial charge on any atom is 0.271 e. The summed E-state index contributed by atoms with van der Waals surface area (Å²) in [6, 6.07) is 6.50. The van der Waals surface area contributed by atoms with Crippen molar-refractivity contribution < 1.29 is 9.23 Å². The van der Waals surface area contributed by atoms with Crippen LogP contribution in [0, 0.1) is 5.82 Å². The molecule has 0 bridgehead atoms. The molecule has 3 aromatic heterocycles. The predicted molar refractivity (Wildman–Crippen MR) is 110 cm³/mol. The van der Waals surface area contributed by atoms with Crippen molar-refractivity contribution in [3.05, 3.63) is 62.6 Å². The van der Waals surface area contributed by atoms with Crippen LogP contribution < -0.4 is 11.0 Å². The standard InChI is InChI=1S/C20H15FN4O3S/c1-28-23-9-11-6-10(4-5-22-11)13-8-16-14(7-15(13)21)18(26)17-19(27)24-29-20(17)25(16)12-2-3-12/h4-9,12H,2-3H2,1H3,(H,24,27). The van der Waals surface area contributed by atoms with E-state index in [4.69, 9.17) is 0 Å². The van der Waals surface area contributed by atoms with Gasteiger partial charge in [0, 0.05) is 23.2 Å². The Kier molecular flexibility index (Phi) is 4.06. The number of rotatable bonds is 4. The minimum atomic E-state index is -0.538. The van der Waals surface area contributed by atoms with Crippen molar-refractivity contribution in [2.45, 2.75) is 18.9 Å². The van der Waals surface area contributed by atoms with Gasteiger partial charge in [0.25, 0.3) is 5.56 Å². The maximum atomic E-state index is 15.0. The molecule has 0 atom stereocenters. The fourth-order valence-electron chi connectivity index (χ4n) is 3.56. The first-order valence-corrected chi connectivity index (χ1v) is 9.82. The van der Waals surface area contributed by atoms with E-state index in [2.05, 4.69) is 19.4 Å². The number of H-pyrrole nitrogens is 1. The lowest BCUT2D eigenvalue weighted by molar-refractivity contribution is 0.215. The van der Waals surface area contributed by atoms with Gasteiger partial charge in [0.15, 0.2) is 0 Å². The Bertz CT molecular complexity index is 1420. The number of hydrogen-bond acceptors (Lipinski definition) is 6. The van der Waals surface area contributed by atoms with E-state index in [0.717, 1.165) is 24.4 Å². The van der Waals surface area contributed by atoms with Crippen LogP contribution in [0.2, 0.25) is 0 Å².